The lowest BCUT2D eigenvalue weighted by Crippen LogP contribution is -2.05. The van der Waals surface area contributed by atoms with Crippen LogP contribution in [0.25, 0.3) is 0 Å². The van der Waals surface area contributed by atoms with Gasteiger partial charge in [0.05, 0.1) is 0 Å². The maximum absolute atomic E-state index is 10.1. The average Bonchev–Trinajstić information content (AvgIpc) is 2.29. The van der Waals surface area contributed by atoms with Crippen LogP contribution in [0.1, 0.15) is 17.2 Å². The van der Waals surface area contributed by atoms with E-state index in [1.807, 2.05) is 0 Å². The lowest BCUT2D eigenvalue weighted by molar-refractivity contribution is 0.221. The molecule has 1 atom stereocenters. The molecular weight excluding hydrogens is 202 g/mol. The van der Waals surface area contributed by atoms with Gasteiger partial charge in [-0.15, -0.1) is 0 Å². The fourth-order valence-corrected chi connectivity index (χ4v) is 1.57. The van der Waals surface area contributed by atoms with E-state index < -0.39 is 6.10 Å². The van der Waals surface area contributed by atoms with Crippen LogP contribution >= 0.6 is 0 Å². The fraction of sp³-hybridized carbons (Fsp3) is 0.0833. The Morgan fingerprint density at radius 1 is 1.12 bits per heavy atom. The Bertz CT molecular complexity index is 499. The Labute approximate surface area is 93.5 Å². The maximum Gasteiger partial charge on any atom is 0.129 e. The summed E-state index contributed by atoms with van der Waals surface area (Å²) in [6, 6.07) is 10.6. The molecule has 0 aliphatic heterocycles. The zero-order valence-electron chi connectivity index (χ0n) is 8.67. The normalized spacial score (nSPS) is 12.3. The molecule has 5 N–H and O–H groups in total. The number of anilines is 2. The van der Waals surface area contributed by atoms with Gasteiger partial charge >= 0.3 is 0 Å². The van der Waals surface area contributed by atoms with Crippen molar-refractivity contribution in [1.29, 1.82) is 0 Å². The van der Waals surface area contributed by atoms with E-state index in [4.69, 9.17) is 11.5 Å². The number of aliphatic hydroxyl groups is 1. The van der Waals surface area contributed by atoms with Crippen LogP contribution in [-0.4, -0.2) is 10.1 Å². The number of rotatable bonds is 2. The summed E-state index contributed by atoms with van der Waals surface area (Å²) in [5, 5.41) is 10.1. The van der Waals surface area contributed by atoms with Crippen LogP contribution in [0.2, 0.25) is 0 Å². The zero-order chi connectivity index (χ0) is 11.5. The second-order valence-corrected chi connectivity index (χ2v) is 3.55. The second-order valence-electron chi connectivity index (χ2n) is 3.55. The lowest BCUT2D eigenvalue weighted by Gasteiger charge is -2.13. The third-order valence-corrected chi connectivity index (χ3v) is 2.39. The average molecular weight is 215 g/mol. The van der Waals surface area contributed by atoms with Crippen molar-refractivity contribution >= 4 is 11.5 Å². The first-order valence-corrected chi connectivity index (χ1v) is 4.92. The van der Waals surface area contributed by atoms with Gasteiger partial charge in [-0.05, 0) is 23.8 Å². The Kier molecular flexibility index (Phi) is 2.74. The Balaban J connectivity index is 2.39. The van der Waals surface area contributed by atoms with E-state index in [2.05, 4.69) is 4.98 Å². The van der Waals surface area contributed by atoms with Crippen molar-refractivity contribution in [3.8, 4) is 0 Å². The molecule has 0 amide bonds. The molecule has 4 nitrogen and oxygen atoms in total. The highest BCUT2D eigenvalue weighted by Gasteiger charge is 2.13. The van der Waals surface area contributed by atoms with E-state index in [1.54, 1.807) is 42.6 Å². The molecule has 1 aromatic carbocycles. The van der Waals surface area contributed by atoms with Crippen molar-refractivity contribution in [2.24, 2.45) is 0 Å². The molecule has 0 bridgehead atoms. The number of aromatic nitrogens is 1. The minimum Gasteiger partial charge on any atom is -0.399 e. The molecule has 0 aliphatic carbocycles. The highest BCUT2D eigenvalue weighted by molar-refractivity contribution is 5.48. The Hall–Kier alpha value is -2.07. The number of pyridine rings is 1. The van der Waals surface area contributed by atoms with Crippen LogP contribution < -0.4 is 11.5 Å². The van der Waals surface area contributed by atoms with E-state index in [1.165, 1.54) is 0 Å². The van der Waals surface area contributed by atoms with Gasteiger partial charge in [0, 0.05) is 17.4 Å². The molecule has 16 heavy (non-hydrogen) atoms. The van der Waals surface area contributed by atoms with Gasteiger partial charge in [0.1, 0.15) is 11.9 Å². The van der Waals surface area contributed by atoms with Crippen molar-refractivity contribution in [2.45, 2.75) is 6.10 Å². The van der Waals surface area contributed by atoms with Gasteiger partial charge in [-0.2, -0.15) is 0 Å². The first kappa shape index (κ1) is 10.4. The number of hydrogen-bond acceptors (Lipinski definition) is 4. The van der Waals surface area contributed by atoms with Gasteiger partial charge < -0.3 is 16.6 Å². The van der Waals surface area contributed by atoms with Gasteiger partial charge in [-0.1, -0.05) is 18.2 Å². The molecule has 0 fully saturated rings. The summed E-state index contributed by atoms with van der Waals surface area (Å²) in [6.07, 6.45) is 0.794. The monoisotopic (exact) mass is 215 g/mol. The minimum atomic E-state index is -0.794. The van der Waals surface area contributed by atoms with E-state index in [0.29, 0.717) is 22.6 Å². The minimum absolute atomic E-state index is 0.331. The summed E-state index contributed by atoms with van der Waals surface area (Å²) in [4.78, 5) is 3.93. The summed E-state index contributed by atoms with van der Waals surface area (Å²) in [5.41, 5.74) is 13.3. The second kappa shape index (κ2) is 4.20. The largest absolute Gasteiger partial charge is 0.399 e. The molecule has 0 saturated heterocycles. The molecule has 0 radical (unpaired) electrons. The van der Waals surface area contributed by atoms with Gasteiger partial charge in [0.25, 0.3) is 0 Å². The summed E-state index contributed by atoms with van der Waals surface area (Å²) in [7, 11) is 0. The van der Waals surface area contributed by atoms with Crippen molar-refractivity contribution in [2.75, 3.05) is 11.5 Å². The number of nitrogens with zero attached hydrogens (tertiary/aromatic N) is 1. The third kappa shape index (κ3) is 1.97. The van der Waals surface area contributed by atoms with E-state index in [9.17, 15) is 5.11 Å². The first-order chi connectivity index (χ1) is 7.68. The van der Waals surface area contributed by atoms with Gasteiger partial charge in [-0.3, -0.25) is 0 Å². The lowest BCUT2D eigenvalue weighted by atomic mass is 10.0. The summed E-state index contributed by atoms with van der Waals surface area (Å²) < 4.78 is 0. The molecule has 4 heteroatoms. The highest BCUT2D eigenvalue weighted by atomic mass is 16.3. The molecule has 0 saturated carbocycles. The van der Waals surface area contributed by atoms with Gasteiger partial charge in [0.15, 0.2) is 0 Å². The van der Waals surface area contributed by atoms with Gasteiger partial charge in [0.2, 0.25) is 0 Å². The maximum atomic E-state index is 10.1. The molecule has 82 valence electrons. The Morgan fingerprint density at radius 3 is 2.62 bits per heavy atom. The van der Waals surface area contributed by atoms with Crippen LogP contribution in [0.15, 0.2) is 42.6 Å². The number of benzene rings is 1. The fourth-order valence-electron chi connectivity index (χ4n) is 1.57. The standard InChI is InChI=1S/C12H13N3O/c13-9-4-1-3-8(7-9)11(16)10-5-2-6-15-12(10)14/h1-7,11,16H,13H2,(H2,14,15). The predicted octanol–water partition coefficient (Wildman–Crippen LogP) is 1.33. The van der Waals surface area contributed by atoms with Crippen molar-refractivity contribution in [3.63, 3.8) is 0 Å². The number of hydrogen-bond donors (Lipinski definition) is 3. The smallest absolute Gasteiger partial charge is 0.129 e. The number of nitrogen functional groups attached to an aromatic ring is 2. The van der Waals surface area contributed by atoms with E-state index >= 15 is 0 Å². The van der Waals surface area contributed by atoms with Crippen molar-refractivity contribution < 1.29 is 5.11 Å². The number of nitrogens with two attached hydrogens (primary N) is 2. The SMILES string of the molecule is Nc1cccc(C(O)c2cccnc2N)c1. The molecule has 1 unspecified atom stereocenters. The van der Waals surface area contributed by atoms with Crippen molar-refractivity contribution in [1.82, 2.24) is 4.98 Å². The first-order valence-electron chi connectivity index (χ1n) is 4.92. The summed E-state index contributed by atoms with van der Waals surface area (Å²) in [5.74, 6) is 0.331. The van der Waals surface area contributed by atoms with E-state index in [0.717, 1.165) is 0 Å². The molecule has 2 aromatic rings. The third-order valence-electron chi connectivity index (χ3n) is 2.39. The van der Waals surface area contributed by atoms with Crippen molar-refractivity contribution in [3.05, 3.63) is 53.7 Å². The summed E-state index contributed by atoms with van der Waals surface area (Å²) in [6.45, 7) is 0. The van der Waals surface area contributed by atoms with Crippen LogP contribution in [0.3, 0.4) is 0 Å². The molecule has 1 aromatic heterocycles. The Morgan fingerprint density at radius 2 is 1.94 bits per heavy atom. The molecule has 2 rings (SSSR count). The predicted molar refractivity (Wildman–Crippen MR) is 63.6 cm³/mol. The number of aliphatic hydroxyl groups excluding tert-OH is 1. The summed E-state index contributed by atoms with van der Waals surface area (Å²) >= 11 is 0. The quantitative estimate of drug-likeness (QED) is 0.660. The molecule has 0 aliphatic rings. The topological polar surface area (TPSA) is 85.2 Å². The molecule has 0 spiro atoms. The van der Waals surface area contributed by atoms with Crippen LogP contribution in [0, 0.1) is 0 Å². The van der Waals surface area contributed by atoms with Crippen LogP contribution in [-0.2, 0) is 0 Å². The van der Waals surface area contributed by atoms with E-state index in [-0.39, 0.29) is 0 Å². The zero-order valence-corrected chi connectivity index (χ0v) is 8.67. The highest BCUT2D eigenvalue weighted by Crippen LogP contribution is 2.25. The van der Waals surface area contributed by atoms with Gasteiger partial charge in [-0.25, -0.2) is 4.98 Å². The van der Waals surface area contributed by atoms with Crippen LogP contribution in [0.5, 0.6) is 0 Å². The molecule has 1 heterocycles. The van der Waals surface area contributed by atoms with Crippen LogP contribution in [0.4, 0.5) is 11.5 Å². The molecular formula is C12H13N3O.